The third kappa shape index (κ3) is 4.69. The number of carbonyl (C=O) groups is 1. The van der Waals surface area contributed by atoms with Crippen LogP contribution < -0.4 is 16.4 Å². The van der Waals surface area contributed by atoms with E-state index in [9.17, 15) is 4.79 Å². The van der Waals surface area contributed by atoms with Crippen LogP contribution in [0.1, 0.15) is 33.6 Å². The average Bonchev–Trinajstić information content (AvgIpc) is 2.03. The fourth-order valence-corrected chi connectivity index (χ4v) is 0.774. The van der Waals surface area contributed by atoms with Crippen LogP contribution in [-0.2, 0) is 0 Å². The number of carbonyl (C=O) groups excluding carboxylic acids is 1. The van der Waals surface area contributed by atoms with E-state index in [1.54, 1.807) is 13.8 Å². The lowest BCUT2D eigenvalue weighted by Gasteiger charge is -2.24. The van der Waals surface area contributed by atoms with Crippen molar-refractivity contribution in [3.8, 4) is 0 Å². The van der Waals surface area contributed by atoms with Gasteiger partial charge in [0.1, 0.15) is 5.84 Å². The zero-order chi connectivity index (χ0) is 11.2. The molecule has 0 spiro atoms. The van der Waals surface area contributed by atoms with Gasteiger partial charge in [0.05, 0.1) is 5.54 Å². The normalized spacial score (nSPS) is 10.8. The summed E-state index contributed by atoms with van der Waals surface area (Å²) in [6.45, 7) is 6.08. The van der Waals surface area contributed by atoms with Gasteiger partial charge in [0.15, 0.2) is 0 Å². The summed E-state index contributed by atoms with van der Waals surface area (Å²) in [6, 6.07) is -0.279. The molecular formula is C9H20N4O. The highest BCUT2D eigenvalue weighted by Gasteiger charge is 2.23. The van der Waals surface area contributed by atoms with E-state index < -0.39 is 5.54 Å². The summed E-state index contributed by atoms with van der Waals surface area (Å²) in [5.74, 6) is -0.0526. The molecule has 82 valence electrons. The van der Waals surface area contributed by atoms with Gasteiger partial charge in [0.2, 0.25) is 0 Å². The van der Waals surface area contributed by atoms with Crippen molar-refractivity contribution in [3.05, 3.63) is 0 Å². The molecule has 0 aromatic carbocycles. The molecule has 0 unspecified atom stereocenters. The van der Waals surface area contributed by atoms with E-state index in [-0.39, 0.29) is 11.9 Å². The summed E-state index contributed by atoms with van der Waals surface area (Å²) >= 11 is 0. The van der Waals surface area contributed by atoms with Crippen LogP contribution >= 0.6 is 0 Å². The highest BCUT2D eigenvalue weighted by atomic mass is 16.2. The molecule has 0 radical (unpaired) electrons. The van der Waals surface area contributed by atoms with Crippen LogP contribution in [0.3, 0.4) is 0 Å². The van der Waals surface area contributed by atoms with E-state index in [1.807, 2.05) is 0 Å². The molecule has 0 saturated carbocycles. The Morgan fingerprint density at radius 2 is 2.07 bits per heavy atom. The maximum absolute atomic E-state index is 11.3. The van der Waals surface area contributed by atoms with Crippen molar-refractivity contribution in [3.63, 3.8) is 0 Å². The molecule has 0 heterocycles. The molecule has 5 nitrogen and oxygen atoms in total. The molecule has 0 aromatic heterocycles. The Kier molecular flexibility index (Phi) is 4.97. The Morgan fingerprint density at radius 3 is 2.50 bits per heavy atom. The fraction of sp³-hybridized carbons (Fsp3) is 0.778. The Balaban J connectivity index is 3.88. The lowest BCUT2D eigenvalue weighted by molar-refractivity contribution is 0.235. The van der Waals surface area contributed by atoms with Crippen LogP contribution in [0.4, 0.5) is 4.79 Å². The van der Waals surface area contributed by atoms with Crippen molar-refractivity contribution in [1.29, 1.82) is 5.41 Å². The molecule has 0 atom stereocenters. The molecule has 0 rings (SSSR count). The molecule has 0 bridgehead atoms. The van der Waals surface area contributed by atoms with Crippen LogP contribution in [0, 0.1) is 5.41 Å². The molecule has 0 fully saturated rings. The number of nitrogens with two attached hydrogens (primary N) is 1. The second kappa shape index (κ2) is 5.47. The number of amidine groups is 1. The summed E-state index contributed by atoms with van der Waals surface area (Å²) in [6.07, 6.45) is 1.99. The first-order valence-electron chi connectivity index (χ1n) is 4.80. The van der Waals surface area contributed by atoms with E-state index in [0.29, 0.717) is 6.54 Å². The summed E-state index contributed by atoms with van der Waals surface area (Å²) in [4.78, 5) is 11.3. The van der Waals surface area contributed by atoms with Gasteiger partial charge in [-0.15, -0.1) is 0 Å². The van der Waals surface area contributed by atoms with Gasteiger partial charge in [-0.3, -0.25) is 5.41 Å². The van der Waals surface area contributed by atoms with Gasteiger partial charge in [0, 0.05) is 6.54 Å². The molecular weight excluding hydrogens is 180 g/mol. The predicted octanol–water partition coefficient (Wildman–Crippen LogP) is 0.800. The highest BCUT2D eigenvalue weighted by molar-refractivity contribution is 5.90. The SMILES string of the molecule is CCCCNC(=O)NC(C)(C)C(=N)N. The van der Waals surface area contributed by atoms with E-state index in [4.69, 9.17) is 11.1 Å². The predicted molar refractivity (Wildman–Crippen MR) is 57.4 cm³/mol. The minimum absolute atomic E-state index is 0.0526. The molecule has 5 N–H and O–H groups in total. The topological polar surface area (TPSA) is 91.0 Å². The number of rotatable bonds is 5. The van der Waals surface area contributed by atoms with Gasteiger partial charge in [-0.1, -0.05) is 13.3 Å². The van der Waals surface area contributed by atoms with Crippen molar-refractivity contribution < 1.29 is 4.79 Å². The molecule has 0 aromatic rings. The quantitative estimate of drug-likeness (QED) is 0.300. The average molecular weight is 200 g/mol. The first-order valence-corrected chi connectivity index (χ1v) is 4.80. The molecule has 0 aliphatic carbocycles. The Bertz CT molecular complexity index is 213. The van der Waals surface area contributed by atoms with Gasteiger partial charge >= 0.3 is 6.03 Å². The summed E-state index contributed by atoms with van der Waals surface area (Å²) in [5.41, 5.74) is 4.53. The van der Waals surface area contributed by atoms with E-state index in [1.165, 1.54) is 0 Å². The van der Waals surface area contributed by atoms with Crippen LogP contribution in [0.15, 0.2) is 0 Å². The monoisotopic (exact) mass is 200 g/mol. The van der Waals surface area contributed by atoms with Crippen molar-refractivity contribution >= 4 is 11.9 Å². The van der Waals surface area contributed by atoms with Crippen LogP contribution in [0.25, 0.3) is 0 Å². The van der Waals surface area contributed by atoms with Crippen molar-refractivity contribution in [2.45, 2.75) is 39.2 Å². The molecule has 0 aliphatic heterocycles. The molecule has 0 saturated heterocycles. The number of nitrogens with one attached hydrogen (secondary N) is 3. The molecule has 14 heavy (non-hydrogen) atoms. The van der Waals surface area contributed by atoms with Gasteiger partial charge in [-0.25, -0.2) is 4.79 Å². The second-order valence-corrected chi connectivity index (χ2v) is 3.77. The van der Waals surface area contributed by atoms with Gasteiger partial charge in [-0.2, -0.15) is 0 Å². The number of amides is 2. The van der Waals surface area contributed by atoms with Crippen molar-refractivity contribution in [2.75, 3.05) is 6.54 Å². The fourth-order valence-electron chi connectivity index (χ4n) is 0.774. The van der Waals surface area contributed by atoms with Crippen LogP contribution in [0.2, 0.25) is 0 Å². The van der Waals surface area contributed by atoms with Gasteiger partial charge in [-0.05, 0) is 20.3 Å². The van der Waals surface area contributed by atoms with E-state index >= 15 is 0 Å². The third-order valence-electron chi connectivity index (χ3n) is 1.92. The Hall–Kier alpha value is -1.26. The second-order valence-electron chi connectivity index (χ2n) is 3.77. The van der Waals surface area contributed by atoms with Crippen molar-refractivity contribution in [2.24, 2.45) is 5.73 Å². The smallest absolute Gasteiger partial charge is 0.315 e. The van der Waals surface area contributed by atoms with Crippen molar-refractivity contribution in [1.82, 2.24) is 10.6 Å². The molecule has 0 aliphatic rings. The zero-order valence-corrected chi connectivity index (χ0v) is 9.11. The Morgan fingerprint density at radius 1 is 1.50 bits per heavy atom. The standard InChI is InChI=1S/C9H20N4O/c1-4-5-6-12-8(14)13-9(2,3)7(10)11/h4-6H2,1-3H3,(H3,10,11)(H2,12,13,14). The number of unbranched alkanes of at least 4 members (excludes halogenated alkanes) is 1. The zero-order valence-electron chi connectivity index (χ0n) is 9.11. The lowest BCUT2D eigenvalue weighted by Crippen LogP contribution is -2.55. The lowest BCUT2D eigenvalue weighted by atomic mass is 10.1. The highest BCUT2D eigenvalue weighted by Crippen LogP contribution is 1.99. The number of hydrogen-bond acceptors (Lipinski definition) is 2. The maximum Gasteiger partial charge on any atom is 0.315 e. The third-order valence-corrected chi connectivity index (χ3v) is 1.92. The Labute approximate surface area is 84.9 Å². The number of hydrogen-bond donors (Lipinski definition) is 4. The van der Waals surface area contributed by atoms with Crippen LogP contribution in [-0.4, -0.2) is 24.0 Å². The summed E-state index contributed by atoms with van der Waals surface area (Å²) < 4.78 is 0. The first-order chi connectivity index (χ1) is 6.40. The number of urea groups is 1. The largest absolute Gasteiger partial charge is 0.386 e. The van der Waals surface area contributed by atoms with E-state index in [2.05, 4.69) is 17.6 Å². The summed E-state index contributed by atoms with van der Waals surface area (Å²) in [5, 5.41) is 12.5. The summed E-state index contributed by atoms with van der Waals surface area (Å²) in [7, 11) is 0. The maximum atomic E-state index is 11.3. The minimum Gasteiger partial charge on any atom is -0.386 e. The first kappa shape index (κ1) is 12.7. The molecule has 5 heteroatoms. The van der Waals surface area contributed by atoms with Gasteiger partial charge < -0.3 is 16.4 Å². The molecule has 2 amide bonds. The van der Waals surface area contributed by atoms with Crippen LogP contribution in [0.5, 0.6) is 0 Å². The minimum atomic E-state index is -0.781. The van der Waals surface area contributed by atoms with E-state index in [0.717, 1.165) is 12.8 Å². The van der Waals surface area contributed by atoms with Gasteiger partial charge in [0.25, 0.3) is 0 Å².